The minimum atomic E-state index is -0.267. The molecule has 0 spiro atoms. The van der Waals surface area contributed by atoms with Crippen molar-refractivity contribution in [2.45, 2.75) is 57.8 Å². The number of Topliss-reactive ketones (excluding diaryl/α,β-unsaturated/α-hetero) is 2. The largest absolute Gasteiger partial charge is 0.301 e. The number of rotatable bonds is 1. The van der Waals surface area contributed by atoms with Crippen LogP contribution in [0.3, 0.4) is 0 Å². The molecule has 0 fully saturated rings. The Labute approximate surface area is 267 Å². The number of carbonyl (C=O) groups is 2. The molecule has 0 saturated heterocycles. The van der Waals surface area contributed by atoms with Crippen molar-refractivity contribution in [2.24, 2.45) is 0 Å². The monoisotopic (exact) mass is 603 g/mol. The van der Waals surface area contributed by atoms with E-state index >= 15 is 0 Å². The molecule has 4 heteroatoms. The van der Waals surface area contributed by atoms with E-state index in [2.05, 4.69) is 107 Å². The third-order valence-electron chi connectivity index (χ3n) is 11.0. The van der Waals surface area contributed by atoms with Crippen LogP contribution < -0.4 is 4.90 Å². The summed E-state index contributed by atoms with van der Waals surface area (Å²) >= 11 is 1.68. The molecule has 2 aliphatic heterocycles. The molecule has 1 aromatic heterocycles. The average Bonchev–Trinajstić information content (AvgIpc) is 3.63. The van der Waals surface area contributed by atoms with Crippen molar-refractivity contribution in [3.05, 3.63) is 140 Å². The Kier molecular flexibility index (Phi) is 5.00. The summed E-state index contributed by atoms with van der Waals surface area (Å²) < 4.78 is 0. The predicted octanol–water partition coefficient (Wildman–Crippen LogP) is 10.3. The molecule has 220 valence electrons. The fourth-order valence-electron chi connectivity index (χ4n) is 8.47. The molecule has 0 atom stereocenters. The van der Waals surface area contributed by atoms with E-state index in [-0.39, 0.29) is 33.4 Å². The summed E-state index contributed by atoms with van der Waals surface area (Å²) in [6.07, 6.45) is 1.83. The summed E-state index contributed by atoms with van der Waals surface area (Å²) in [7, 11) is 0. The number of nitrogens with zero attached hydrogens (tertiary/aromatic N) is 1. The number of para-hydroxylation sites is 1. The normalized spacial score (nSPS) is 18.5. The maximum atomic E-state index is 13.3. The van der Waals surface area contributed by atoms with Crippen molar-refractivity contribution in [1.29, 1.82) is 0 Å². The highest BCUT2D eigenvalue weighted by molar-refractivity contribution is 7.17. The Bertz CT molecular complexity index is 2200. The van der Waals surface area contributed by atoms with E-state index in [0.717, 1.165) is 9.88 Å². The van der Waals surface area contributed by atoms with E-state index in [4.69, 9.17) is 0 Å². The molecular weight excluding hydrogens is 571 g/mol. The molecule has 4 aromatic carbocycles. The first-order valence-electron chi connectivity index (χ1n) is 15.7. The molecule has 0 bridgehead atoms. The fourth-order valence-corrected chi connectivity index (χ4v) is 9.75. The van der Waals surface area contributed by atoms with E-state index in [1.54, 1.807) is 23.5 Å². The topological polar surface area (TPSA) is 37.4 Å². The number of thiophene rings is 1. The SMILES string of the molecule is CC1(C)c2ccccc2-c2cc3c(cc21)N1c2sc(C=C4C(=O)c5ccccc5C4=O)cc2C(C)(C)c2cccc(c21)C3(C)C. The first-order chi connectivity index (χ1) is 21.4. The highest BCUT2D eigenvalue weighted by atomic mass is 32.1. The van der Waals surface area contributed by atoms with Crippen LogP contribution in [0.5, 0.6) is 0 Å². The standard InChI is InChI=1S/C41H33NO2S/c1-39(2)28-15-10-9-12-23(28)26-20-32-34(21-31(26)39)42-35-29(40(32,3)4)16-11-17-30(35)41(5,6)33-19-22(45-38(33)42)18-27-36(43)24-13-7-8-14-25(24)37(27)44/h7-21H,1-6H3. The number of hydrogen-bond donors (Lipinski definition) is 0. The lowest BCUT2D eigenvalue weighted by atomic mass is 9.67. The van der Waals surface area contributed by atoms with Gasteiger partial charge in [-0.3, -0.25) is 9.59 Å². The molecule has 0 N–H and O–H groups in total. The van der Waals surface area contributed by atoms with Crippen molar-refractivity contribution < 1.29 is 9.59 Å². The lowest BCUT2D eigenvalue weighted by Crippen LogP contribution is -2.37. The Balaban J connectivity index is 1.29. The Hall–Kier alpha value is -4.54. The zero-order chi connectivity index (χ0) is 31.2. The number of fused-ring (bicyclic) bond motifs is 8. The van der Waals surface area contributed by atoms with Gasteiger partial charge in [-0.2, -0.15) is 0 Å². The van der Waals surface area contributed by atoms with Crippen LogP contribution in [0.25, 0.3) is 17.2 Å². The number of benzene rings is 4. The third kappa shape index (κ3) is 3.20. The minimum absolute atomic E-state index is 0.119. The Morgan fingerprint density at radius 3 is 1.78 bits per heavy atom. The molecule has 0 unspecified atom stereocenters. The number of allylic oxidation sites excluding steroid dienone is 1. The van der Waals surface area contributed by atoms with Crippen molar-refractivity contribution >= 4 is 45.4 Å². The van der Waals surface area contributed by atoms with Gasteiger partial charge in [0, 0.05) is 32.2 Å². The van der Waals surface area contributed by atoms with Gasteiger partial charge in [0.1, 0.15) is 5.00 Å². The van der Waals surface area contributed by atoms with Crippen LogP contribution >= 0.6 is 11.3 Å². The van der Waals surface area contributed by atoms with E-state index in [0.29, 0.717) is 11.1 Å². The minimum Gasteiger partial charge on any atom is -0.301 e. The zero-order valence-corrected chi connectivity index (χ0v) is 27.1. The molecule has 3 nitrogen and oxygen atoms in total. The highest BCUT2D eigenvalue weighted by Crippen LogP contribution is 2.63. The first kappa shape index (κ1) is 26.8. The van der Waals surface area contributed by atoms with E-state index in [1.807, 2.05) is 18.2 Å². The van der Waals surface area contributed by atoms with Crippen molar-refractivity contribution in [2.75, 3.05) is 4.90 Å². The van der Waals surface area contributed by atoms with Crippen molar-refractivity contribution in [3.63, 3.8) is 0 Å². The van der Waals surface area contributed by atoms with Crippen LogP contribution in [0.15, 0.2) is 90.5 Å². The zero-order valence-electron chi connectivity index (χ0n) is 26.3. The molecule has 0 radical (unpaired) electrons. The van der Waals surface area contributed by atoms with Crippen LogP contribution in [0.2, 0.25) is 0 Å². The lowest BCUT2D eigenvalue weighted by molar-refractivity contribution is 0.0990. The van der Waals surface area contributed by atoms with E-state index in [1.165, 1.54) is 55.9 Å². The fraction of sp³-hybridized carbons (Fsp3) is 0.220. The smallest absolute Gasteiger partial charge is 0.197 e. The lowest BCUT2D eigenvalue weighted by Gasteiger charge is -2.48. The van der Waals surface area contributed by atoms with Gasteiger partial charge in [-0.1, -0.05) is 108 Å². The van der Waals surface area contributed by atoms with Crippen LogP contribution in [0, 0.1) is 0 Å². The van der Waals surface area contributed by atoms with Gasteiger partial charge in [0.15, 0.2) is 11.6 Å². The molecule has 3 heterocycles. The van der Waals surface area contributed by atoms with Crippen molar-refractivity contribution in [3.8, 4) is 11.1 Å². The molecule has 9 rings (SSSR count). The van der Waals surface area contributed by atoms with Gasteiger partial charge in [-0.25, -0.2) is 0 Å². The van der Waals surface area contributed by atoms with Crippen molar-refractivity contribution in [1.82, 2.24) is 0 Å². The Morgan fingerprint density at radius 2 is 1.11 bits per heavy atom. The summed E-state index contributed by atoms with van der Waals surface area (Å²) in [4.78, 5) is 30.1. The third-order valence-corrected chi connectivity index (χ3v) is 12.1. The number of anilines is 3. The molecular formula is C41H33NO2S. The summed E-state index contributed by atoms with van der Waals surface area (Å²) in [6, 6.07) is 29.9. The summed E-state index contributed by atoms with van der Waals surface area (Å²) in [5, 5.41) is 1.16. The average molecular weight is 604 g/mol. The maximum Gasteiger partial charge on any atom is 0.197 e. The van der Waals surface area contributed by atoms with Gasteiger partial charge in [0.2, 0.25) is 0 Å². The summed E-state index contributed by atoms with van der Waals surface area (Å²) in [5.41, 5.74) is 13.7. The van der Waals surface area contributed by atoms with Crippen LogP contribution in [0.4, 0.5) is 16.4 Å². The quantitative estimate of drug-likeness (QED) is 0.141. The van der Waals surface area contributed by atoms with Gasteiger partial charge in [0.05, 0.1) is 16.9 Å². The second kappa shape index (κ2) is 8.38. The van der Waals surface area contributed by atoms with Crippen LogP contribution in [-0.2, 0) is 16.2 Å². The second-order valence-electron chi connectivity index (χ2n) is 14.5. The maximum absolute atomic E-state index is 13.3. The first-order valence-corrected chi connectivity index (χ1v) is 16.5. The van der Waals surface area contributed by atoms with Gasteiger partial charge in [-0.05, 0) is 68.8 Å². The van der Waals surface area contributed by atoms with Crippen LogP contribution in [-0.4, -0.2) is 11.6 Å². The summed E-state index contributed by atoms with van der Waals surface area (Å²) in [5.74, 6) is -0.372. The molecule has 0 saturated carbocycles. The number of carbonyl (C=O) groups excluding carboxylic acids is 2. The molecule has 0 amide bonds. The predicted molar refractivity (Wildman–Crippen MR) is 184 cm³/mol. The van der Waals surface area contributed by atoms with Gasteiger partial charge in [0.25, 0.3) is 0 Å². The number of ketones is 2. The Morgan fingerprint density at radius 1 is 0.556 bits per heavy atom. The molecule has 45 heavy (non-hydrogen) atoms. The molecule has 2 aliphatic carbocycles. The number of hydrogen-bond acceptors (Lipinski definition) is 4. The summed E-state index contributed by atoms with van der Waals surface area (Å²) in [6.45, 7) is 14.0. The second-order valence-corrected chi connectivity index (χ2v) is 15.6. The van der Waals surface area contributed by atoms with E-state index in [9.17, 15) is 9.59 Å². The molecule has 4 aliphatic rings. The van der Waals surface area contributed by atoms with Gasteiger partial charge in [-0.15, -0.1) is 11.3 Å². The van der Waals surface area contributed by atoms with Gasteiger partial charge >= 0.3 is 0 Å². The van der Waals surface area contributed by atoms with Gasteiger partial charge < -0.3 is 4.90 Å². The van der Waals surface area contributed by atoms with E-state index < -0.39 is 0 Å². The highest BCUT2D eigenvalue weighted by Gasteiger charge is 2.48. The van der Waals surface area contributed by atoms with Crippen LogP contribution in [0.1, 0.15) is 101 Å². The molecule has 5 aromatic rings.